The molecular weight excluding hydrogens is 326 g/mol. The summed E-state index contributed by atoms with van der Waals surface area (Å²) in [6.45, 7) is 0.386. The maximum atomic E-state index is 12.7. The van der Waals surface area contributed by atoms with Gasteiger partial charge in [0.2, 0.25) is 0 Å². The third kappa shape index (κ3) is 4.58. The van der Waals surface area contributed by atoms with Crippen molar-refractivity contribution >= 4 is 11.9 Å². The summed E-state index contributed by atoms with van der Waals surface area (Å²) in [5, 5.41) is 18.8. The van der Waals surface area contributed by atoms with Crippen molar-refractivity contribution in [2.45, 2.75) is 56.6 Å². The minimum Gasteiger partial charge on any atom is -0.480 e. The SMILES string of the molecule is O=C(O)CO[C@@H]1COCC[C@H]1NC(=O)c1cn[nH]c1C1CCCCC1. The highest BCUT2D eigenvalue weighted by Gasteiger charge is 2.30. The van der Waals surface area contributed by atoms with Gasteiger partial charge in [-0.15, -0.1) is 0 Å². The highest BCUT2D eigenvalue weighted by Crippen LogP contribution is 2.33. The lowest BCUT2D eigenvalue weighted by atomic mass is 9.85. The Hall–Kier alpha value is -1.93. The van der Waals surface area contributed by atoms with Crippen molar-refractivity contribution in [1.29, 1.82) is 0 Å². The first-order valence-corrected chi connectivity index (χ1v) is 8.90. The second kappa shape index (κ2) is 8.44. The molecule has 8 nitrogen and oxygen atoms in total. The third-order valence-electron chi connectivity index (χ3n) is 4.97. The van der Waals surface area contributed by atoms with E-state index in [1.54, 1.807) is 6.20 Å². The molecule has 1 aliphatic heterocycles. The first-order chi connectivity index (χ1) is 12.1. The molecular formula is C17H25N3O5. The molecule has 1 saturated carbocycles. The van der Waals surface area contributed by atoms with E-state index in [9.17, 15) is 9.59 Å². The van der Waals surface area contributed by atoms with Gasteiger partial charge in [0, 0.05) is 12.5 Å². The second-order valence-electron chi connectivity index (χ2n) is 6.72. The first-order valence-electron chi connectivity index (χ1n) is 8.90. The summed E-state index contributed by atoms with van der Waals surface area (Å²) < 4.78 is 10.7. The maximum Gasteiger partial charge on any atom is 0.329 e. The zero-order valence-electron chi connectivity index (χ0n) is 14.2. The number of aromatic amines is 1. The van der Waals surface area contributed by atoms with Crippen LogP contribution in [0.4, 0.5) is 0 Å². The summed E-state index contributed by atoms with van der Waals surface area (Å²) in [4.78, 5) is 23.4. The zero-order chi connectivity index (χ0) is 17.6. The number of carbonyl (C=O) groups excluding carboxylic acids is 1. The van der Waals surface area contributed by atoms with Crippen LogP contribution in [0.3, 0.4) is 0 Å². The molecule has 1 aromatic heterocycles. The fourth-order valence-electron chi connectivity index (χ4n) is 3.65. The lowest BCUT2D eigenvalue weighted by Crippen LogP contribution is -2.50. The largest absolute Gasteiger partial charge is 0.480 e. The van der Waals surface area contributed by atoms with Crippen molar-refractivity contribution < 1.29 is 24.2 Å². The molecule has 3 N–H and O–H groups in total. The van der Waals surface area contributed by atoms with Crippen molar-refractivity contribution in [3.05, 3.63) is 17.5 Å². The summed E-state index contributed by atoms with van der Waals surface area (Å²) in [6, 6.07) is -0.269. The Morgan fingerprint density at radius 2 is 2.12 bits per heavy atom. The van der Waals surface area contributed by atoms with Gasteiger partial charge in [-0.2, -0.15) is 5.10 Å². The standard InChI is InChI=1S/C17H25N3O5/c21-15(22)10-25-14-9-24-7-6-13(14)19-17(23)12-8-18-20-16(12)11-4-2-1-3-5-11/h8,11,13-14H,1-7,9-10H2,(H,18,20)(H,19,23)(H,21,22)/t13-,14-/m1/s1. The zero-order valence-corrected chi connectivity index (χ0v) is 14.2. The number of carboxylic acids is 1. The van der Waals surface area contributed by atoms with E-state index in [-0.39, 0.29) is 18.6 Å². The number of carboxylic acid groups (broad SMARTS) is 1. The molecule has 3 rings (SSSR count). The number of nitrogens with zero attached hydrogens (tertiary/aromatic N) is 1. The van der Waals surface area contributed by atoms with Gasteiger partial charge in [-0.1, -0.05) is 19.3 Å². The van der Waals surface area contributed by atoms with E-state index >= 15 is 0 Å². The molecule has 138 valence electrons. The smallest absolute Gasteiger partial charge is 0.329 e. The van der Waals surface area contributed by atoms with Crippen LogP contribution in [0.25, 0.3) is 0 Å². The fourth-order valence-corrected chi connectivity index (χ4v) is 3.65. The van der Waals surface area contributed by atoms with Gasteiger partial charge in [-0.25, -0.2) is 4.79 Å². The molecule has 0 aromatic carbocycles. The van der Waals surface area contributed by atoms with Crippen LogP contribution in [0.1, 0.15) is 60.5 Å². The highest BCUT2D eigenvalue weighted by molar-refractivity contribution is 5.95. The molecule has 0 spiro atoms. The molecule has 2 aliphatic rings. The van der Waals surface area contributed by atoms with Crippen LogP contribution in [0.5, 0.6) is 0 Å². The van der Waals surface area contributed by atoms with Crippen molar-refractivity contribution in [1.82, 2.24) is 15.5 Å². The Bertz CT molecular complexity index is 597. The lowest BCUT2D eigenvalue weighted by Gasteiger charge is -2.31. The number of aromatic nitrogens is 2. The average molecular weight is 351 g/mol. The number of nitrogens with one attached hydrogen (secondary N) is 2. The predicted molar refractivity (Wildman–Crippen MR) is 88.5 cm³/mol. The van der Waals surface area contributed by atoms with Gasteiger partial charge >= 0.3 is 5.97 Å². The molecule has 25 heavy (non-hydrogen) atoms. The van der Waals surface area contributed by atoms with E-state index in [4.69, 9.17) is 14.6 Å². The molecule has 0 radical (unpaired) electrons. The number of hydrogen-bond acceptors (Lipinski definition) is 5. The lowest BCUT2D eigenvalue weighted by molar-refractivity contribution is -0.148. The molecule has 2 heterocycles. The van der Waals surface area contributed by atoms with Crippen molar-refractivity contribution in [3.8, 4) is 0 Å². The molecule has 0 bridgehead atoms. The summed E-state index contributed by atoms with van der Waals surface area (Å²) in [6.07, 6.45) is 7.45. The number of ether oxygens (including phenoxy) is 2. The van der Waals surface area contributed by atoms with E-state index in [1.165, 1.54) is 19.3 Å². The molecule has 8 heteroatoms. The molecule has 1 saturated heterocycles. The first kappa shape index (κ1) is 17.9. The number of amides is 1. The molecule has 1 aromatic rings. The quantitative estimate of drug-likeness (QED) is 0.715. The molecule has 2 fully saturated rings. The summed E-state index contributed by atoms with van der Waals surface area (Å²) in [5.41, 5.74) is 1.49. The van der Waals surface area contributed by atoms with Crippen molar-refractivity contribution in [3.63, 3.8) is 0 Å². The van der Waals surface area contributed by atoms with Gasteiger partial charge in [0.05, 0.1) is 30.1 Å². The molecule has 1 aliphatic carbocycles. The Balaban J connectivity index is 1.64. The third-order valence-corrected chi connectivity index (χ3v) is 4.97. The van der Waals surface area contributed by atoms with E-state index in [0.717, 1.165) is 18.5 Å². The fraction of sp³-hybridized carbons (Fsp3) is 0.706. The van der Waals surface area contributed by atoms with Crippen LogP contribution in [0.2, 0.25) is 0 Å². The van der Waals surface area contributed by atoms with Crippen LogP contribution in [-0.2, 0) is 14.3 Å². The van der Waals surface area contributed by atoms with Crippen molar-refractivity contribution in [2.24, 2.45) is 0 Å². The second-order valence-corrected chi connectivity index (χ2v) is 6.72. The Morgan fingerprint density at radius 1 is 1.32 bits per heavy atom. The van der Waals surface area contributed by atoms with Crippen LogP contribution in [-0.4, -0.2) is 59.1 Å². The topological polar surface area (TPSA) is 114 Å². The van der Waals surface area contributed by atoms with Gasteiger partial charge in [-0.3, -0.25) is 9.89 Å². The molecule has 0 unspecified atom stereocenters. The number of rotatable bonds is 6. The number of carbonyl (C=O) groups is 2. The minimum absolute atomic E-state index is 0.190. The van der Waals surface area contributed by atoms with E-state index < -0.39 is 18.7 Å². The van der Waals surface area contributed by atoms with E-state index in [0.29, 0.717) is 24.5 Å². The highest BCUT2D eigenvalue weighted by atomic mass is 16.5. The maximum absolute atomic E-state index is 12.7. The Labute approximate surface area is 146 Å². The van der Waals surface area contributed by atoms with E-state index in [1.807, 2.05) is 0 Å². The number of aliphatic carboxylic acids is 1. The van der Waals surface area contributed by atoms with Crippen LogP contribution >= 0.6 is 0 Å². The van der Waals surface area contributed by atoms with Gasteiger partial charge < -0.3 is 19.9 Å². The predicted octanol–water partition coefficient (Wildman–Crippen LogP) is 1.45. The monoisotopic (exact) mass is 351 g/mol. The summed E-state index contributed by atoms with van der Waals surface area (Å²) in [5.74, 6) is -0.874. The Kier molecular flexibility index (Phi) is 6.04. The van der Waals surface area contributed by atoms with Gasteiger partial charge in [0.1, 0.15) is 12.7 Å². The normalized spacial score (nSPS) is 24.8. The Morgan fingerprint density at radius 3 is 2.88 bits per heavy atom. The molecule has 2 atom stereocenters. The minimum atomic E-state index is -1.04. The van der Waals surface area contributed by atoms with Gasteiger partial charge in [0.15, 0.2) is 0 Å². The summed E-state index contributed by atoms with van der Waals surface area (Å²) in [7, 11) is 0. The average Bonchev–Trinajstić information content (AvgIpc) is 3.11. The number of hydrogen-bond donors (Lipinski definition) is 3. The van der Waals surface area contributed by atoms with E-state index in [2.05, 4.69) is 15.5 Å². The molecule has 1 amide bonds. The van der Waals surface area contributed by atoms with Crippen LogP contribution < -0.4 is 5.32 Å². The number of H-pyrrole nitrogens is 1. The van der Waals surface area contributed by atoms with Gasteiger partial charge in [0.25, 0.3) is 5.91 Å². The van der Waals surface area contributed by atoms with Crippen LogP contribution in [0.15, 0.2) is 6.20 Å². The summed E-state index contributed by atoms with van der Waals surface area (Å²) >= 11 is 0. The van der Waals surface area contributed by atoms with Crippen molar-refractivity contribution in [2.75, 3.05) is 19.8 Å². The van der Waals surface area contributed by atoms with Crippen LogP contribution in [0, 0.1) is 0 Å². The van der Waals surface area contributed by atoms with Gasteiger partial charge in [-0.05, 0) is 19.3 Å².